The van der Waals surface area contributed by atoms with E-state index in [-0.39, 0.29) is 0 Å². The van der Waals surface area contributed by atoms with Crippen molar-refractivity contribution in [3.8, 4) is 0 Å². The summed E-state index contributed by atoms with van der Waals surface area (Å²) in [6, 6.07) is 0. The maximum absolute atomic E-state index is 2.45. The van der Waals surface area contributed by atoms with E-state index in [9.17, 15) is 0 Å². The number of rotatable bonds is 33. The number of hydrogen-bond acceptors (Lipinski definition) is 0. The van der Waals surface area contributed by atoms with Crippen LogP contribution in [0.15, 0.2) is 0 Å². The first-order chi connectivity index (χ1) is 20.1. The maximum atomic E-state index is 2.45. The molecule has 0 aliphatic heterocycles. The molecule has 0 aromatic carbocycles. The van der Waals surface area contributed by atoms with Crippen LogP contribution in [0.25, 0.3) is 0 Å². The minimum atomic E-state index is 0.512. The highest BCUT2D eigenvalue weighted by Gasteiger charge is 2.52. The quantitative estimate of drug-likeness (QED) is 0.0536. The molecular formula is C40H84N+. The van der Waals surface area contributed by atoms with Gasteiger partial charge in [-0.05, 0) is 44.9 Å². The Kier molecular flexibility index (Phi) is 28.7. The molecule has 1 nitrogen and oxygen atoms in total. The molecule has 1 heteroatoms. The zero-order chi connectivity index (χ0) is 30.5. The van der Waals surface area contributed by atoms with E-state index in [1.54, 1.807) is 0 Å². The molecule has 0 amide bonds. The topological polar surface area (TPSA) is 0 Å². The number of nitrogens with zero attached hydrogens (tertiary/aromatic N) is 1. The number of quaternary nitrogens is 1. The zero-order valence-corrected chi connectivity index (χ0v) is 30.4. The van der Waals surface area contributed by atoms with Crippen molar-refractivity contribution in [3.05, 3.63) is 0 Å². The Morgan fingerprint density at radius 3 is 1.02 bits per heavy atom. The van der Waals surface area contributed by atoms with E-state index >= 15 is 0 Å². The highest BCUT2D eigenvalue weighted by Crippen LogP contribution is 2.47. The van der Waals surface area contributed by atoms with E-state index in [1.165, 1.54) is 204 Å². The van der Waals surface area contributed by atoms with Crippen LogP contribution < -0.4 is 0 Å². The standard InChI is InChI=1S/C40H84N/c1-8-15-22-23-24-25-26-27-28-29-30-31-33-39(32-16-9-2)40(34-17-10-3,35-18-11-4)41(36-19-12-5,37-20-13-6)38-21-14-7/h39H,8-38H2,1-7H3/q+1. The Bertz CT molecular complexity index is 481. The Labute approximate surface area is 263 Å². The van der Waals surface area contributed by atoms with Crippen LogP contribution in [0.1, 0.15) is 228 Å². The lowest BCUT2D eigenvalue weighted by atomic mass is 9.68. The molecule has 0 aromatic rings. The van der Waals surface area contributed by atoms with Gasteiger partial charge in [0, 0.05) is 18.8 Å². The molecule has 0 saturated heterocycles. The monoisotopic (exact) mass is 579 g/mol. The highest BCUT2D eigenvalue weighted by molar-refractivity contribution is 4.91. The van der Waals surface area contributed by atoms with E-state index in [2.05, 4.69) is 48.5 Å². The lowest BCUT2D eigenvalue weighted by Crippen LogP contribution is -2.68. The van der Waals surface area contributed by atoms with Crippen LogP contribution in [0.3, 0.4) is 0 Å². The molecule has 0 saturated carbocycles. The molecule has 0 fully saturated rings. The van der Waals surface area contributed by atoms with Gasteiger partial charge < -0.3 is 4.48 Å². The van der Waals surface area contributed by atoms with Crippen molar-refractivity contribution in [2.75, 3.05) is 19.6 Å². The van der Waals surface area contributed by atoms with Gasteiger partial charge in [-0.15, -0.1) is 0 Å². The molecule has 0 spiro atoms. The van der Waals surface area contributed by atoms with Crippen molar-refractivity contribution >= 4 is 0 Å². The van der Waals surface area contributed by atoms with Gasteiger partial charge in [0.15, 0.2) is 0 Å². The first-order valence-electron chi connectivity index (χ1n) is 19.9. The summed E-state index contributed by atoms with van der Waals surface area (Å²) in [7, 11) is 0. The average Bonchev–Trinajstić information content (AvgIpc) is 2.99. The fraction of sp³-hybridized carbons (Fsp3) is 1.00. The van der Waals surface area contributed by atoms with Crippen molar-refractivity contribution in [1.82, 2.24) is 0 Å². The van der Waals surface area contributed by atoms with Crippen molar-refractivity contribution in [2.45, 2.75) is 234 Å². The molecule has 0 bridgehead atoms. The Balaban J connectivity index is 5.74. The van der Waals surface area contributed by atoms with E-state index < -0.39 is 0 Å². The molecular weight excluding hydrogens is 494 g/mol. The van der Waals surface area contributed by atoms with E-state index in [0.717, 1.165) is 5.92 Å². The smallest absolute Gasteiger partial charge is 0.102 e. The van der Waals surface area contributed by atoms with E-state index in [0.29, 0.717) is 5.54 Å². The molecule has 1 atom stereocenters. The summed E-state index contributed by atoms with van der Waals surface area (Å²) >= 11 is 0. The van der Waals surface area contributed by atoms with Crippen molar-refractivity contribution in [1.29, 1.82) is 0 Å². The Morgan fingerprint density at radius 1 is 0.341 bits per heavy atom. The molecule has 41 heavy (non-hydrogen) atoms. The van der Waals surface area contributed by atoms with Gasteiger partial charge in [-0.25, -0.2) is 0 Å². The Hall–Kier alpha value is -0.0400. The third kappa shape index (κ3) is 17.1. The van der Waals surface area contributed by atoms with Gasteiger partial charge in [0.25, 0.3) is 0 Å². The first-order valence-corrected chi connectivity index (χ1v) is 19.9. The molecule has 0 aliphatic rings. The third-order valence-electron chi connectivity index (χ3n) is 10.8. The van der Waals surface area contributed by atoms with Crippen molar-refractivity contribution in [2.24, 2.45) is 5.92 Å². The van der Waals surface area contributed by atoms with Crippen LogP contribution in [0.2, 0.25) is 0 Å². The van der Waals surface area contributed by atoms with Crippen LogP contribution in [0.5, 0.6) is 0 Å². The van der Waals surface area contributed by atoms with Crippen molar-refractivity contribution in [3.63, 3.8) is 0 Å². The first kappa shape index (κ1) is 41.0. The van der Waals surface area contributed by atoms with Gasteiger partial charge >= 0.3 is 0 Å². The lowest BCUT2D eigenvalue weighted by molar-refractivity contribution is -0.982. The zero-order valence-electron chi connectivity index (χ0n) is 30.4. The summed E-state index contributed by atoms with van der Waals surface area (Å²) in [6.07, 6.45) is 40.3. The van der Waals surface area contributed by atoms with E-state index in [1.807, 2.05) is 0 Å². The van der Waals surface area contributed by atoms with Gasteiger partial charge in [-0.2, -0.15) is 0 Å². The predicted molar refractivity (Wildman–Crippen MR) is 190 cm³/mol. The fourth-order valence-electron chi connectivity index (χ4n) is 8.11. The fourth-order valence-corrected chi connectivity index (χ4v) is 8.11. The number of hydrogen-bond donors (Lipinski definition) is 0. The van der Waals surface area contributed by atoms with Crippen LogP contribution in [0, 0.1) is 5.92 Å². The van der Waals surface area contributed by atoms with Crippen LogP contribution in [-0.4, -0.2) is 29.7 Å². The minimum absolute atomic E-state index is 0.512. The second-order valence-electron chi connectivity index (χ2n) is 14.2. The van der Waals surface area contributed by atoms with Crippen LogP contribution in [0.4, 0.5) is 0 Å². The molecule has 0 radical (unpaired) electrons. The Morgan fingerprint density at radius 2 is 0.659 bits per heavy atom. The van der Waals surface area contributed by atoms with Gasteiger partial charge in [0.2, 0.25) is 0 Å². The summed E-state index contributed by atoms with van der Waals surface area (Å²) in [4.78, 5) is 0. The maximum Gasteiger partial charge on any atom is 0.102 e. The molecule has 0 N–H and O–H groups in total. The number of unbranched alkanes of at least 4 members (excludes halogenated alkanes) is 17. The highest BCUT2D eigenvalue weighted by atomic mass is 15.4. The van der Waals surface area contributed by atoms with Gasteiger partial charge in [-0.1, -0.05) is 170 Å². The molecule has 0 heterocycles. The average molecular weight is 579 g/mol. The molecule has 0 aromatic heterocycles. The summed E-state index contributed by atoms with van der Waals surface area (Å²) < 4.78 is 1.48. The molecule has 248 valence electrons. The molecule has 0 rings (SSSR count). The normalized spacial score (nSPS) is 13.2. The second kappa shape index (κ2) is 28.7. The summed E-state index contributed by atoms with van der Waals surface area (Å²) in [5, 5.41) is 0. The SMILES string of the molecule is CCCCCCCCCCCCCCC(CCCC)C(CCCC)(CCCC)[N+](CCCC)(CCCC)CCCC. The third-order valence-corrected chi connectivity index (χ3v) is 10.8. The molecule has 0 aliphatic carbocycles. The van der Waals surface area contributed by atoms with E-state index in [4.69, 9.17) is 0 Å². The summed E-state index contributed by atoms with van der Waals surface area (Å²) in [6.45, 7) is 21.3. The van der Waals surface area contributed by atoms with Gasteiger partial charge in [0.1, 0.15) is 5.54 Å². The summed E-state index contributed by atoms with van der Waals surface area (Å²) in [5.41, 5.74) is 0.512. The minimum Gasteiger partial charge on any atom is -0.319 e. The van der Waals surface area contributed by atoms with Crippen LogP contribution >= 0.6 is 0 Å². The second-order valence-corrected chi connectivity index (χ2v) is 14.2. The largest absolute Gasteiger partial charge is 0.319 e. The molecule has 1 unspecified atom stereocenters. The van der Waals surface area contributed by atoms with Crippen LogP contribution in [-0.2, 0) is 0 Å². The van der Waals surface area contributed by atoms with Crippen molar-refractivity contribution < 1.29 is 4.48 Å². The lowest BCUT2D eigenvalue weighted by Gasteiger charge is -2.58. The van der Waals surface area contributed by atoms with Gasteiger partial charge in [-0.3, -0.25) is 0 Å². The van der Waals surface area contributed by atoms with Gasteiger partial charge in [0.05, 0.1) is 19.6 Å². The summed E-state index contributed by atoms with van der Waals surface area (Å²) in [5.74, 6) is 0.925. The predicted octanol–water partition coefficient (Wildman–Crippen LogP) is 14.2.